The number of carbonyl (C=O) groups excluding carboxylic acids is 3. The van der Waals surface area contributed by atoms with E-state index < -0.39 is 0 Å². The molecular weight excluding hydrogens is 330 g/mol. The number of amides is 2. The molecule has 4 aliphatic carbocycles. The lowest BCUT2D eigenvalue weighted by molar-refractivity contribution is -0.124. The molecule has 0 radical (unpaired) electrons. The summed E-state index contributed by atoms with van der Waals surface area (Å²) in [5, 5.41) is 0. The van der Waals surface area contributed by atoms with Crippen molar-refractivity contribution in [2.75, 3.05) is 11.5 Å². The van der Waals surface area contributed by atoms with Gasteiger partial charge in [0.15, 0.2) is 5.78 Å². The van der Waals surface area contributed by atoms with Crippen LogP contribution in [0.4, 0.5) is 5.69 Å². The van der Waals surface area contributed by atoms with Crippen LogP contribution in [0.1, 0.15) is 30.6 Å². The van der Waals surface area contributed by atoms with E-state index in [1.165, 1.54) is 11.8 Å². The highest BCUT2D eigenvalue weighted by atomic mass is 16.5. The minimum absolute atomic E-state index is 0.103. The maximum atomic E-state index is 13.3. The molecule has 1 aromatic rings. The summed E-state index contributed by atoms with van der Waals surface area (Å²) in [5.74, 6) is 1.10. The second-order valence-electron chi connectivity index (χ2n) is 7.84. The fraction of sp³-hybridized carbons (Fsp3) is 0.476. The molecule has 0 spiro atoms. The molecule has 2 bridgehead atoms. The number of hydrogen-bond donors (Lipinski definition) is 0. The zero-order valence-corrected chi connectivity index (χ0v) is 14.8. The third kappa shape index (κ3) is 1.94. The third-order valence-electron chi connectivity index (χ3n) is 6.57. The lowest BCUT2D eigenvalue weighted by Crippen LogP contribution is -2.40. The predicted molar refractivity (Wildman–Crippen MR) is 94.8 cm³/mol. The molecule has 0 N–H and O–H groups in total. The number of carbonyl (C=O) groups is 3. The number of ketones is 1. The largest absolute Gasteiger partial charge is 0.492 e. The molecule has 5 nitrogen and oxygen atoms in total. The summed E-state index contributed by atoms with van der Waals surface area (Å²) in [6, 6.07) is 4.98. The van der Waals surface area contributed by atoms with Crippen molar-refractivity contribution in [1.29, 1.82) is 0 Å². The molecule has 6 rings (SSSR count). The molecule has 5 heteroatoms. The standard InChI is InChI=1S/C21H21NO4/c1-3-26-17-7-4-11(10(2)23)8-16(17)22-20(24)18-12-5-6-13(15-9-14(12)15)19(18)21(22)25/h4-8,12-15,18-19H,3,9H2,1-2H3/t12-,13-,14-,15+,18+,19+/m0/s1. The first-order chi connectivity index (χ1) is 12.5. The lowest BCUT2D eigenvalue weighted by Gasteiger charge is -2.37. The average molecular weight is 351 g/mol. The van der Waals surface area contributed by atoms with Gasteiger partial charge in [-0.1, -0.05) is 12.2 Å². The minimum Gasteiger partial charge on any atom is -0.492 e. The Morgan fingerprint density at radius 2 is 1.73 bits per heavy atom. The van der Waals surface area contributed by atoms with E-state index in [2.05, 4.69) is 12.2 Å². The van der Waals surface area contributed by atoms with E-state index in [1.54, 1.807) is 18.2 Å². The van der Waals surface area contributed by atoms with E-state index in [4.69, 9.17) is 4.74 Å². The Morgan fingerprint density at radius 1 is 1.12 bits per heavy atom. The van der Waals surface area contributed by atoms with Gasteiger partial charge in [0.2, 0.25) is 11.8 Å². The highest BCUT2D eigenvalue weighted by molar-refractivity contribution is 6.23. The van der Waals surface area contributed by atoms with Gasteiger partial charge in [0.25, 0.3) is 0 Å². The Morgan fingerprint density at radius 3 is 2.27 bits per heavy atom. The molecule has 1 aliphatic heterocycles. The molecule has 6 atom stereocenters. The Balaban J connectivity index is 1.59. The summed E-state index contributed by atoms with van der Waals surface area (Å²) in [6.07, 6.45) is 5.45. The fourth-order valence-electron chi connectivity index (χ4n) is 5.38. The van der Waals surface area contributed by atoms with E-state index in [9.17, 15) is 14.4 Å². The first-order valence-electron chi connectivity index (χ1n) is 9.36. The SMILES string of the molecule is CCOc1ccc(C(C)=O)cc1N1C(=O)[C@@H]2[C@H]3C=C[C@@H]([C@@H]4C[C@H]34)[C@H]2C1=O. The highest BCUT2D eigenvalue weighted by Gasteiger charge is 2.67. The maximum Gasteiger partial charge on any atom is 0.238 e. The number of nitrogens with zero attached hydrogens (tertiary/aromatic N) is 1. The Bertz CT molecular complexity index is 837. The van der Waals surface area contributed by atoms with Crippen LogP contribution in [0, 0.1) is 35.5 Å². The van der Waals surface area contributed by atoms with Gasteiger partial charge in [0.05, 0.1) is 24.1 Å². The normalized spacial score (nSPS) is 36.2. The fourth-order valence-corrected chi connectivity index (χ4v) is 5.38. The van der Waals surface area contributed by atoms with Crippen molar-refractivity contribution < 1.29 is 19.1 Å². The third-order valence-corrected chi connectivity index (χ3v) is 6.57. The monoisotopic (exact) mass is 351 g/mol. The molecule has 2 saturated carbocycles. The molecule has 0 unspecified atom stereocenters. The van der Waals surface area contributed by atoms with Gasteiger partial charge in [0.1, 0.15) is 5.75 Å². The van der Waals surface area contributed by atoms with Crippen LogP contribution in [0.2, 0.25) is 0 Å². The van der Waals surface area contributed by atoms with Crippen LogP contribution in [0.25, 0.3) is 0 Å². The second-order valence-corrected chi connectivity index (χ2v) is 7.84. The van der Waals surface area contributed by atoms with E-state index in [0.717, 1.165) is 6.42 Å². The van der Waals surface area contributed by atoms with Gasteiger partial charge in [-0.2, -0.15) is 0 Å². The van der Waals surface area contributed by atoms with Crippen LogP contribution in [-0.2, 0) is 9.59 Å². The zero-order chi connectivity index (χ0) is 18.2. The van der Waals surface area contributed by atoms with Gasteiger partial charge >= 0.3 is 0 Å². The van der Waals surface area contributed by atoms with Crippen LogP contribution in [0.3, 0.4) is 0 Å². The van der Waals surface area contributed by atoms with Crippen molar-refractivity contribution in [2.24, 2.45) is 35.5 Å². The van der Waals surface area contributed by atoms with Crippen molar-refractivity contribution in [3.8, 4) is 5.75 Å². The molecule has 1 aromatic carbocycles. The van der Waals surface area contributed by atoms with E-state index in [-0.39, 0.29) is 41.3 Å². The second kappa shape index (κ2) is 5.29. The summed E-state index contributed by atoms with van der Waals surface area (Å²) >= 11 is 0. The maximum absolute atomic E-state index is 13.3. The highest BCUT2D eigenvalue weighted by Crippen LogP contribution is 2.65. The number of imide groups is 1. The number of allylic oxidation sites excluding steroid dienone is 2. The Kier molecular flexibility index (Phi) is 3.21. The van der Waals surface area contributed by atoms with E-state index in [0.29, 0.717) is 35.4 Å². The van der Waals surface area contributed by atoms with Crippen LogP contribution < -0.4 is 9.64 Å². The number of anilines is 1. The molecule has 2 amide bonds. The van der Waals surface area contributed by atoms with Crippen LogP contribution >= 0.6 is 0 Å². The van der Waals surface area contributed by atoms with Crippen molar-refractivity contribution >= 4 is 23.3 Å². The molecule has 5 aliphatic rings. The molecule has 1 saturated heterocycles. The number of hydrogen-bond acceptors (Lipinski definition) is 4. The van der Waals surface area contributed by atoms with Crippen LogP contribution in [-0.4, -0.2) is 24.2 Å². The predicted octanol–water partition coefficient (Wildman–Crippen LogP) is 2.85. The molecule has 26 heavy (non-hydrogen) atoms. The van der Waals surface area contributed by atoms with Gasteiger partial charge in [-0.3, -0.25) is 14.4 Å². The van der Waals surface area contributed by atoms with Crippen molar-refractivity contribution in [1.82, 2.24) is 0 Å². The van der Waals surface area contributed by atoms with Crippen LogP contribution in [0.15, 0.2) is 30.4 Å². The van der Waals surface area contributed by atoms with Crippen molar-refractivity contribution in [2.45, 2.75) is 20.3 Å². The Labute approximate surface area is 152 Å². The van der Waals surface area contributed by atoms with E-state index in [1.807, 2.05) is 6.92 Å². The number of ether oxygens (including phenoxy) is 1. The topological polar surface area (TPSA) is 63.7 Å². The smallest absolute Gasteiger partial charge is 0.238 e. The molecule has 0 aromatic heterocycles. The first-order valence-corrected chi connectivity index (χ1v) is 9.36. The van der Waals surface area contributed by atoms with Gasteiger partial charge < -0.3 is 4.74 Å². The summed E-state index contributed by atoms with van der Waals surface area (Å²) in [5.41, 5.74) is 0.889. The average Bonchev–Trinajstić information content (AvgIpc) is 3.40. The quantitative estimate of drug-likeness (QED) is 0.475. The summed E-state index contributed by atoms with van der Waals surface area (Å²) in [4.78, 5) is 39.7. The van der Waals surface area contributed by atoms with E-state index >= 15 is 0 Å². The molecule has 1 heterocycles. The molecule has 3 fully saturated rings. The number of Topliss-reactive ketones (excluding diaryl/α,β-unsaturated/α-hetero) is 1. The number of benzene rings is 1. The summed E-state index contributed by atoms with van der Waals surface area (Å²) < 4.78 is 5.66. The number of rotatable bonds is 4. The van der Waals surface area contributed by atoms with Gasteiger partial charge in [-0.25, -0.2) is 4.90 Å². The van der Waals surface area contributed by atoms with Gasteiger partial charge in [-0.15, -0.1) is 0 Å². The minimum atomic E-state index is -0.253. The van der Waals surface area contributed by atoms with Crippen molar-refractivity contribution in [3.05, 3.63) is 35.9 Å². The van der Waals surface area contributed by atoms with Gasteiger partial charge in [-0.05, 0) is 62.1 Å². The summed E-state index contributed by atoms with van der Waals surface area (Å²) in [7, 11) is 0. The lowest BCUT2D eigenvalue weighted by atomic mass is 9.63. The Hall–Kier alpha value is -2.43. The van der Waals surface area contributed by atoms with Crippen LogP contribution in [0.5, 0.6) is 5.75 Å². The molecule has 134 valence electrons. The first kappa shape index (κ1) is 15.8. The molecular formula is C21H21NO4. The summed E-state index contributed by atoms with van der Waals surface area (Å²) in [6.45, 7) is 3.75. The van der Waals surface area contributed by atoms with Crippen molar-refractivity contribution in [3.63, 3.8) is 0 Å². The van der Waals surface area contributed by atoms with Gasteiger partial charge in [0, 0.05) is 5.56 Å². The zero-order valence-electron chi connectivity index (χ0n) is 14.8.